The second kappa shape index (κ2) is 10.4. The van der Waals surface area contributed by atoms with Crippen molar-refractivity contribution in [2.24, 2.45) is 0 Å². The van der Waals surface area contributed by atoms with Gasteiger partial charge in [0.2, 0.25) is 10.0 Å². The number of rotatable bonds is 5. The van der Waals surface area contributed by atoms with Gasteiger partial charge < -0.3 is 15.0 Å². The molecule has 0 bridgehead atoms. The summed E-state index contributed by atoms with van der Waals surface area (Å²) in [5, 5.41) is 3.70. The molecule has 2 aromatic heterocycles. The Labute approximate surface area is 227 Å². The van der Waals surface area contributed by atoms with Crippen molar-refractivity contribution >= 4 is 27.1 Å². The first-order chi connectivity index (χ1) is 18.5. The maximum atomic E-state index is 15.3. The molecule has 0 radical (unpaired) electrons. The number of pyridine rings is 1. The van der Waals surface area contributed by atoms with Gasteiger partial charge in [-0.3, -0.25) is 0 Å². The van der Waals surface area contributed by atoms with Crippen LogP contribution in [0.3, 0.4) is 0 Å². The molecule has 8 nitrogen and oxygen atoms in total. The van der Waals surface area contributed by atoms with E-state index in [0.29, 0.717) is 35.1 Å². The quantitative estimate of drug-likeness (QED) is 0.331. The lowest BCUT2D eigenvalue weighted by Crippen LogP contribution is -2.47. The molecule has 0 aliphatic carbocycles. The minimum Gasteiger partial charge on any atom is -0.444 e. The predicted molar refractivity (Wildman–Crippen MR) is 148 cm³/mol. The van der Waals surface area contributed by atoms with E-state index in [1.807, 2.05) is 12.1 Å². The van der Waals surface area contributed by atoms with Gasteiger partial charge in [0.05, 0.1) is 4.90 Å². The van der Waals surface area contributed by atoms with Crippen LogP contribution < -0.4 is 5.32 Å². The molecule has 1 aliphatic heterocycles. The normalized spacial score (nSPS) is 15.4. The van der Waals surface area contributed by atoms with Crippen molar-refractivity contribution in [2.75, 3.05) is 13.1 Å². The Balaban J connectivity index is 1.35. The third-order valence-corrected chi connectivity index (χ3v) is 8.63. The lowest BCUT2D eigenvalue weighted by Gasteiger charge is -2.32. The number of carbonyl (C=O) groups is 1. The lowest BCUT2D eigenvalue weighted by atomic mass is 10.00. The zero-order valence-electron chi connectivity index (χ0n) is 22.1. The summed E-state index contributed by atoms with van der Waals surface area (Å²) in [5.74, 6) is -0.467. The molecule has 1 amide bonds. The number of benzene rings is 2. The molecule has 4 aromatic rings. The number of halogens is 1. The summed E-state index contributed by atoms with van der Waals surface area (Å²) < 4.78 is 49.4. The average Bonchev–Trinajstić information content (AvgIpc) is 3.36. The molecule has 0 atom stereocenters. The van der Waals surface area contributed by atoms with Gasteiger partial charge in [-0.15, -0.1) is 0 Å². The van der Waals surface area contributed by atoms with E-state index in [1.54, 1.807) is 69.6 Å². The Morgan fingerprint density at radius 2 is 1.79 bits per heavy atom. The monoisotopic (exact) mass is 550 g/mol. The number of ether oxygens (including phenoxy) is 1. The van der Waals surface area contributed by atoms with Gasteiger partial charge in [-0.25, -0.2) is 22.6 Å². The van der Waals surface area contributed by atoms with Crippen molar-refractivity contribution in [1.82, 2.24) is 19.6 Å². The molecule has 2 N–H and O–H groups in total. The van der Waals surface area contributed by atoms with E-state index in [1.165, 1.54) is 10.4 Å². The second-order valence-corrected chi connectivity index (χ2v) is 12.6. The number of hydrogen-bond acceptors (Lipinski definition) is 5. The number of H-pyrrole nitrogens is 1. The first kappa shape index (κ1) is 26.8. The van der Waals surface area contributed by atoms with Gasteiger partial charge in [0.25, 0.3) is 0 Å². The zero-order valence-corrected chi connectivity index (χ0v) is 22.9. The maximum absolute atomic E-state index is 15.3. The molecule has 39 heavy (non-hydrogen) atoms. The van der Waals surface area contributed by atoms with Gasteiger partial charge in [-0.05, 0) is 63.4 Å². The number of amides is 1. The van der Waals surface area contributed by atoms with Crippen molar-refractivity contribution in [3.05, 3.63) is 72.8 Å². The van der Waals surface area contributed by atoms with E-state index in [4.69, 9.17) is 4.74 Å². The number of fused-ring (bicyclic) bond motifs is 1. The number of aromatic nitrogens is 2. The molecule has 1 saturated heterocycles. The van der Waals surface area contributed by atoms with Gasteiger partial charge >= 0.3 is 6.09 Å². The van der Waals surface area contributed by atoms with Crippen molar-refractivity contribution in [1.29, 1.82) is 0 Å². The number of nitrogens with zero attached hydrogens (tertiary/aromatic N) is 2. The number of hydrogen-bond donors (Lipinski definition) is 2. The first-order valence-electron chi connectivity index (χ1n) is 12.8. The van der Waals surface area contributed by atoms with E-state index >= 15 is 4.39 Å². The molecular weight excluding hydrogens is 519 g/mol. The van der Waals surface area contributed by atoms with Crippen LogP contribution in [0.15, 0.2) is 71.9 Å². The largest absolute Gasteiger partial charge is 0.444 e. The highest BCUT2D eigenvalue weighted by molar-refractivity contribution is 7.89. The van der Waals surface area contributed by atoms with Crippen LogP contribution >= 0.6 is 0 Å². The van der Waals surface area contributed by atoms with Crippen molar-refractivity contribution in [2.45, 2.75) is 50.2 Å². The predicted octanol–water partition coefficient (Wildman–Crippen LogP) is 5.71. The van der Waals surface area contributed by atoms with E-state index in [2.05, 4.69) is 15.3 Å². The highest BCUT2D eigenvalue weighted by Crippen LogP contribution is 2.34. The Morgan fingerprint density at radius 3 is 2.51 bits per heavy atom. The Hall–Kier alpha value is -3.76. The van der Waals surface area contributed by atoms with Crippen molar-refractivity contribution in [3.8, 4) is 22.3 Å². The van der Waals surface area contributed by atoms with Crippen LogP contribution in [-0.2, 0) is 14.8 Å². The second-order valence-electron chi connectivity index (χ2n) is 10.7. The Bertz CT molecular complexity index is 1620. The van der Waals surface area contributed by atoms with Crippen LogP contribution in [-0.4, -0.2) is 53.5 Å². The third kappa shape index (κ3) is 5.81. The SMILES string of the molecule is CC(C)(C)OC(=O)NC1CCN(S(=O)(=O)c2ccccc2-c2ccc(-c3cnc4[nH]ccc4c3)c(F)c2)CC1. The van der Waals surface area contributed by atoms with Gasteiger partial charge in [0, 0.05) is 53.6 Å². The van der Waals surface area contributed by atoms with E-state index in [0.717, 1.165) is 11.0 Å². The minimum absolute atomic E-state index is 0.117. The number of carbonyl (C=O) groups excluding carboxylic acids is 1. The number of aromatic amines is 1. The first-order valence-corrected chi connectivity index (χ1v) is 14.3. The molecular formula is C29H31FN4O4S. The smallest absolute Gasteiger partial charge is 0.407 e. The molecule has 0 saturated carbocycles. The summed E-state index contributed by atoms with van der Waals surface area (Å²) in [5.41, 5.74) is 2.02. The van der Waals surface area contributed by atoms with Crippen molar-refractivity contribution in [3.63, 3.8) is 0 Å². The molecule has 0 unspecified atom stereocenters. The van der Waals surface area contributed by atoms with Gasteiger partial charge in [-0.1, -0.05) is 30.3 Å². The molecule has 5 rings (SSSR count). The van der Waals surface area contributed by atoms with E-state index in [9.17, 15) is 13.2 Å². The van der Waals surface area contributed by atoms with Gasteiger partial charge in [0.15, 0.2) is 0 Å². The Morgan fingerprint density at radius 1 is 1.05 bits per heavy atom. The maximum Gasteiger partial charge on any atom is 0.407 e. The molecule has 2 aromatic carbocycles. The molecule has 204 valence electrons. The molecule has 1 aliphatic rings. The summed E-state index contributed by atoms with van der Waals surface area (Å²) in [6.07, 6.45) is 3.80. The average molecular weight is 551 g/mol. The standard InChI is InChI=1S/C29H31FN4O4S/c1-29(2,3)38-28(35)33-22-11-14-34(15-12-22)39(36,37)26-7-5-4-6-24(26)19-8-9-23(25(30)17-19)21-16-20-10-13-31-27(20)32-18-21/h4-10,13,16-18,22H,11-12,14-15H2,1-3H3,(H,31,32)(H,33,35). The fourth-order valence-electron chi connectivity index (χ4n) is 4.79. The summed E-state index contributed by atoms with van der Waals surface area (Å²) in [7, 11) is -3.86. The van der Waals surface area contributed by atoms with Crippen LogP contribution in [0.5, 0.6) is 0 Å². The fourth-order valence-corrected chi connectivity index (χ4v) is 6.47. The topological polar surface area (TPSA) is 104 Å². The number of alkyl carbamates (subject to hydrolysis) is 1. The Kier molecular flexibility index (Phi) is 7.17. The summed E-state index contributed by atoms with van der Waals surface area (Å²) >= 11 is 0. The van der Waals surface area contributed by atoms with Crippen LogP contribution in [0.4, 0.5) is 9.18 Å². The zero-order chi connectivity index (χ0) is 27.8. The van der Waals surface area contributed by atoms with Crippen LogP contribution in [0, 0.1) is 5.82 Å². The molecule has 3 heterocycles. The van der Waals surface area contributed by atoms with Crippen LogP contribution in [0.25, 0.3) is 33.3 Å². The number of nitrogens with one attached hydrogen (secondary N) is 2. The van der Waals surface area contributed by atoms with Gasteiger partial charge in [0.1, 0.15) is 17.1 Å². The fraction of sp³-hybridized carbons (Fsp3) is 0.310. The molecule has 1 fully saturated rings. The van der Waals surface area contributed by atoms with E-state index < -0.39 is 27.5 Å². The number of sulfonamides is 1. The summed E-state index contributed by atoms with van der Waals surface area (Å²) in [4.78, 5) is 19.6. The van der Waals surface area contributed by atoms with Crippen LogP contribution in [0.1, 0.15) is 33.6 Å². The van der Waals surface area contributed by atoms with Crippen molar-refractivity contribution < 1.29 is 22.3 Å². The lowest BCUT2D eigenvalue weighted by molar-refractivity contribution is 0.0489. The number of piperidine rings is 1. The summed E-state index contributed by atoms with van der Waals surface area (Å²) in [6.45, 7) is 5.87. The van der Waals surface area contributed by atoms with E-state index in [-0.39, 0.29) is 24.0 Å². The highest BCUT2D eigenvalue weighted by atomic mass is 32.2. The minimum atomic E-state index is -3.86. The summed E-state index contributed by atoms with van der Waals surface area (Å²) in [6, 6.07) is 14.9. The van der Waals surface area contributed by atoms with Crippen LogP contribution in [0.2, 0.25) is 0 Å². The molecule has 0 spiro atoms. The van der Waals surface area contributed by atoms with Gasteiger partial charge in [-0.2, -0.15) is 4.31 Å². The molecule has 10 heteroatoms. The third-order valence-electron chi connectivity index (χ3n) is 6.67. The highest BCUT2D eigenvalue weighted by Gasteiger charge is 2.32.